The van der Waals surface area contributed by atoms with Gasteiger partial charge in [0.1, 0.15) is 5.70 Å². The van der Waals surface area contributed by atoms with Crippen molar-refractivity contribution in [2.24, 2.45) is 17.6 Å². The molecule has 168 valence electrons. The van der Waals surface area contributed by atoms with E-state index in [0.29, 0.717) is 19.0 Å². The number of β-lactam (4-membered cyclic amide) rings is 1. The van der Waals surface area contributed by atoms with Crippen LogP contribution in [-0.4, -0.2) is 63.2 Å². The van der Waals surface area contributed by atoms with Crippen molar-refractivity contribution in [3.8, 4) is 0 Å². The van der Waals surface area contributed by atoms with Gasteiger partial charge in [-0.1, -0.05) is 19.1 Å². The van der Waals surface area contributed by atoms with Gasteiger partial charge in [-0.05, 0) is 30.5 Å². The smallest absolute Gasteiger partial charge is 0.353 e. The van der Waals surface area contributed by atoms with Crippen LogP contribution in [0.2, 0.25) is 0 Å². The maximum Gasteiger partial charge on any atom is 0.353 e. The molecule has 0 aliphatic carbocycles. The fourth-order valence-electron chi connectivity index (χ4n) is 4.79. The highest BCUT2D eigenvalue weighted by Crippen LogP contribution is 2.51. The summed E-state index contributed by atoms with van der Waals surface area (Å²) in [4.78, 5) is 27.9. The van der Waals surface area contributed by atoms with Crippen LogP contribution in [0.5, 0.6) is 0 Å². The summed E-state index contributed by atoms with van der Waals surface area (Å²) >= 11 is 3.43. The van der Waals surface area contributed by atoms with Crippen LogP contribution in [0.3, 0.4) is 0 Å². The van der Waals surface area contributed by atoms with Crippen molar-refractivity contribution in [3.63, 3.8) is 0 Å². The van der Waals surface area contributed by atoms with Crippen molar-refractivity contribution < 1.29 is 19.8 Å². The quantitative estimate of drug-likeness (QED) is 0.324. The molecule has 3 aliphatic heterocycles. The molecule has 31 heavy (non-hydrogen) atoms. The number of amides is 1. The SMILES string of the molecule is C[C@H]1C(S[C@@H]2CN[C@H](CSc3ccc(CN)cc3)C2)=C(C(=O)O)N2C(=O)[C@@H](CCO)[C@@H]12. The molecule has 5 atom stereocenters. The zero-order chi connectivity index (χ0) is 22.1. The topological polar surface area (TPSA) is 116 Å². The summed E-state index contributed by atoms with van der Waals surface area (Å²) in [5.41, 5.74) is 6.93. The molecule has 5 N–H and O–H groups in total. The molecule has 0 saturated carbocycles. The molecule has 0 aromatic heterocycles. The van der Waals surface area contributed by atoms with E-state index in [4.69, 9.17) is 5.73 Å². The molecule has 0 unspecified atom stereocenters. The van der Waals surface area contributed by atoms with Gasteiger partial charge in [-0.15, -0.1) is 23.5 Å². The van der Waals surface area contributed by atoms with E-state index in [0.717, 1.165) is 29.2 Å². The first-order chi connectivity index (χ1) is 14.9. The van der Waals surface area contributed by atoms with Gasteiger partial charge in [0.15, 0.2) is 0 Å². The van der Waals surface area contributed by atoms with Gasteiger partial charge in [0.25, 0.3) is 0 Å². The predicted molar refractivity (Wildman–Crippen MR) is 122 cm³/mol. The number of nitrogens with two attached hydrogens (primary N) is 1. The number of aliphatic carboxylic acids is 1. The Hall–Kier alpha value is -1.52. The predicted octanol–water partition coefficient (Wildman–Crippen LogP) is 1.86. The highest BCUT2D eigenvalue weighted by Gasteiger charge is 2.58. The molecule has 4 rings (SSSR count). The van der Waals surface area contributed by atoms with E-state index in [9.17, 15) is 19.8 Å². The van der Waals surface area contributed by atoms with Crippen LogP contribution in [0, 0.1) is 11.8 Å². The zero-order valence-electron chi connectivity index (χ0n) is 17.5. The number of carboxylic acid groups (broad SMARTS) is 1. The molecule has 1 aromatic rings. The molecule has 2 fully saturated rings. The summed E-state index contributed by atoms with van der Waals surface area (Å²) in [6, 6.07) is 8.54. The number of aliphatic hydroxyl groups excluding tert-OH is 1. The number of thioether (sulfide) groups is 2. The first-order valence-electron chi connectivity index (χ1n) is 10.7. The first-order valence-corrected chi connectivity index (χ1v) is 12.5. The molecule has 0 bridgehead atoms. The summed E-state index contributed by atoms with van der Waals surface area (Å²) < 4.78 is 0. The van der Waals surface area contributed by atoms with E-state index in [1.54, 1.807) is 11.8 Å². The van der Waals surface area contributed by atoms with Gasteiger partial charge in [-0.2, -0.15) is 0 Å². The number of hydrogen-bond acceptors (Lipinski definition) is 7. The van der Waals surface area contributed by atoms with Crippen LogP contribution in [-0.2, 0) is 16.1 Å². The second-order valence-corrected chi connectivity index (χ2v) is 10.8. The highest BCUT2D eigenvalue weighted by atomic mass is 32.2. The van der Waals surface area contributed by atoms with Crippen molar-refractivity contribution in [2.45, 2.75) is 48.5 Å². The Morgan fingerprint density at radius 1 is 1.32 bits per heavy atom. The normalized spacial score (nSPS) is 30.0. The van der Waals surface area contributed by atoms with E-state index in [2.05, 4.69) is 29.6 Å². The molecule has 0 spiro atoms. The lowest BCUT2D eigenvalue weighted by Gasteiger charge is -2.45. The van der Waals surface area contributed by atoms with Crippen LogP contribution >= 0.6 is 23.5 Å². The van der Waals surface area contributed by atoms with Crippen molar-refractivity contribution in [1.82, 2.24) is 10.2 Å². The minimum absolute atomic E-state index is 0.0140. The molecule has 2 saturated heterocycles. The Morgan fingerprint density at radius 3 is 2.71 bits per heavy atom. The van der Waals surface area contributed by atoms with Gasteiger partial charge in [0.2, 0.25) is 5.91 Å². The van der Waals surface area contributed by atoms with Crippen LogP contribution in [0.25, 0.3) is 0 Å². The number of carbonyl (C=O) groups excluding carboxylic acids is 1. The number of aliphatic hydroxyl groups is 1. The molecular weight excluding hydrogens is 434 g/mol. The Balaban J connectivity index is 1.36. The van der Waals surface area contributed by atoms with Crippen LogP contribution in [0.1, 0.15) is 25.3 Å². The summed E-state index contributed by atoms with van der Waals surface area (Å²) in [5.74, 6) is -0.542. The number of carboxylic acids is 1. The molecule has 3 heterocycles. The largest absolute Gasteiger partial charge is 0.477 e. The minimum Gasteiger partial charge on any atom is -0.477 e. The third-order valence-corrected chi connectivity index (χ3v) is 9.08. The van der Waals surface area contributed by atoms with E-state index in [-0.39, 0.29) is 41.3 Å². The Bertz CT molecular complexity index is 876. The van der Waals surface area contributed by atoms with Gasteiger partial charge in [-0.3, -0.25) is 4.79 Å². The Labute approximate surface area is 190 Å². The van der Waals surface area contributed by atoms with Gasteiger partial charge >= 0.3 is 5.97 Å². The number of carbonyl (C=O) groups is 2. The Kier molecular flexibility index (Phi) is 6.98. The van der Waals surface area contributed by atoms with E-state index in [1.165, 1.54) is 9.80 Å². The van der Waals surface area contributed by atoms with Crippen molar-refractivity contribution in [2.75, 3.05) is 18.9 Å². The second kappa shape index (κ2) is 9.54. The van der Waals surface area contributed by atoms with Crippen molar-refractivity contribution in [3.05, 3.63) is 40.4 Å². The summed E-state index contributed by atoms with van der Waals surface area (Å²) in [6.07, 6.45) is 1.35. The minimum atomic E-state index is -1.04. The number of nitrogens with one attached hydrogen (secondary N) is 1. The van der Waals surface area contributed by atoms with Gasteiger partial charge < -0.3 is 26.2 Å². The molecule has 1 amide bonds. The van der Waals surface area contributed by atoms with Crippen LogP contribution < -0.4 is 11.1 Å². The number of benzene rings is 1. The van der Waals surface area contributed by atoms with Gasteiger partial charge in [0.05, 0.1) is 12.0 Å². The van der Waals surface area contributed by atoms with Gasteiger partial charge in [0, 0.05) is 52.5 Å². The van der Waals surface area contributed by atoms with Crippen molar-refractivity contribution >= 4 is 35.4 Å². The monoisotopic (exact) mass is 463 g/mol. The third-order valence-electron chi connectivity index (χ3n) is 6.39. The van der Waals surface area contributed by atoms with Crippen molar-refractivity contribution in [1.29, 1.82) is 0 Å². The maximum absolute atomic E-state index is 12.5. The fourth-order valence-corrected chi connectivity index (χ4v) is 7.29. The number of nitrogens with zero attached hydrogens (tertiary/aromatic N) is 1. The first kappa shape index (κ1) is 22.7. The van der Waals surface area contributed by atoms with Crippen LogP contribution in [0.15, 0.2) is 39.8 Å². The molecule has 1 aromatic carbocycles. The zero-order valence-corrected chi connectivity index (χ0v) is 19.1. The third kappa shape index (κ3) is 4.39. The highest BCUT2D eigenvalue weighted by molar-refractivity contribution is 8.03. The van der Waals surface area contributed by atoms with Gasteiger partial charge in [-0.25, -0.2) is 4.79 Å². The number of rotatable bonds is 9. The summed E-state index contributed by atoms with van der Waals surface area (Å²) in [6.45, 7) is 3.32. The lowest BCUT2D eigenvalue weighted by molar-refractivity contribution is -0.157. The summed E-state index contributed by atoms with van der Waals surface area (Å²) in [7, 11) is 0. The molecule has 0 radical (unpaired) electrons. The Morgan fingerprint density at radius 2 is 2.06 bits per heavy atom. The standard InChI is InChI=1S/C22H29N3O4S2/c1-12-18-17(6-7-26)21(27)25(18)19(22(28)29)20(12)31-16-8-14(24-10-16)11-30-15-4-2-13(9-23)3-5-15/h2-5,12,14,16-18,24,26H,6-11,23H2,1H3,(H,28,29)/t12-,14+,16+,17+,18-/m1/s1. The number of hydrogen-bond donors (Lipinski definition) is 4. The number of fused-ring (bicyclic) bond motifs is 1. The fraction of sp³-hybridized carbons (Fsp3) is 0.545. The average molecular weight is 464 g/mol. The van der Waals surface area contributed by atoms with E-state index in [1.807, 2.05) is 18.7 Å². The maximum atomic E-state index is 12.5. The molecule has 3 aliphatic rings. The molecule has 7 nitrogen and oxygen atoms in total. The summed E-state index contributed by atoms with van der Waals surface area (Å²) in [5, 5.41) is 22.9. The van der Waals surface area contributed by atoms with E-state index < -0.39 is 5.97 Å². The lowest BCUT2D eigenvalue weighted by atomic mass is 9.80. The van der Waals surface area contributed by atoms with Crippen LogP contribution in [0.4, 0.5) is 0 Å². The molecular formula is C22H29N3O4S2. The second-order valence-electron chi connectivity index (χ2n) is 8.36. The molecule has 9 heteroatoms. The van der Waals surface area contributed by atoms with E-state index >= 15 is 0 Å². The lowest BCUT2D eigenvalue weighted by Crippen LogP contribution is -2.60. The average Bonchev–Trinajstić information content (AvgIpc) is 3.32.